The highest BCUT2D eigenvalue weighted by atomic mass is 32.2. The van der Waals surface area contributed by atoms with Gasteiger partial charge in [-0.25, -0.2) is 4.98 Å². The van der Waals surface area contributed by atoms with Crippen LogP contribution in [0, 0.1) is 6.92 Å². The van der Waals surface area contributed by atoms with E-state index in [1.807, 2.05) is 79.9 Å². The van der Waals surface area contributed by atoms with Crippen molar-refractivity contribution < 1.29 is 14.3 Å². The molecule has 0 aliphatic carbocycles. The number of thiazole rings is 1. The number of para-hydroxylation sites is 1. The summed E-state index contributed by atoms with van der Waals surface area (Å²) in [6.45, 7) is 3.96. The lowest BCUT2D eigenvalue weighted by atomic mass is 10.1. The second kappa shape index (κ2) is 11.9. The van der Waals surface area contributed by atoms with Gasteiger partial charge in [-0.1, -0.05) is 42.8 Å². The van der Waals surface area contributed by atoms with Crippen molar-refractivity contribution in [3.05, 3.63) is 89.3 Å². The third-order valence-corrected chi connectivity index (χ3v) is 7.58. The average Bonchev–Trinajstić information content (AvgIpc) is 3.36. The van der Waals surface area contributed by atoms with Gasteiger partial charge in [0.15, 0.2) is 5.13 Å². The van der Waals surface area contributed by atoms with Crippen molar-refractivity contribution in [2.75, 3.05) is 17.7 Å². The second-order valence-corrected chi connectivity index (χ2v) is 10.2. The first-order valence-electron chi connectivity index (χ1n) is 11.5. The van der Waals surface area contributed by atoms with Crippen molar-refractivity contribution in [3.63, 3.8) is 0 Å². The molecular formula is C28H27N3O3S2. The lowest BCUT2D eigenvalue weighted by Crippen LogP contribution is -2.24. The molecule has 0 spiro atoms. The van der Waals surface area contributed by atoms with Crippen LogP contribution in [0.3, 0.4) is 0 Å². The number of carbonyl (C=O) groups excluding carboxylic acids is 2. The van der Waals surface area contributed by atoms with E-state index in [0.717, 1.165) is 27.5 Å². The monoisotopic (exact) mass is 517 g/mol. The molecular weight excluding hydrogens is 490 g/mol. The fourth-order valence-electron chi connectivity index (χ4n) is 3.54. The molecule has 3 aromatic carbocycles. The van der Waals surface area contributed by atoms with Gasteiger partial charge in [-0.3, -0.25) is 9.59 Å². The van der Waals surface area contributed by atoms with Crippen LogP contribution >= 0.6 is 23.1 Å². The topological polar surface area (TPSA) is 80.3 Å². The smallest absolute Gasteiger partial charge is 0.255 e. The van der Waals surface area contributed by atoms with E-state index >= 15 is 0 Å². The van der Waals surface area contributed by atoms with Gasteiger partial charge in [0.25, 0.3) is 5.91 Å². The Bertz CT molecular complexity index is 1350. The highest BCUT2D eigenvalue weighted by Crippen LogP contribution is 2.33. The fourth-order valence-corrected chi connectivity index (χ4v) is 5.27. The fraction of sp³-hybridized carbons (Fsp3) is 0.179. The van der Waals surface area contributed by atoms with Crippen LogP contribution in [0.5, 0.6) is 5.75 Å². The van der Waals surface area contributed by atoms with Gasteiger partial charge in [-0.2, -0.15) is 0 Å². The van der Waals surface area contributed by atoms with Gasteiger partial charge in [-0.05, 0) is 55.8 Å². The molecule has 0 saturated heterocycles. The summed E-state index contributed by atoms with van der Waals surface area (Å²) in [7, 11) is 1.62. The molecule has 8 heteroatoms. The molecule has 2 amide bonds. The molecule has 0 fully saturated rings. The Labute approximate surface area is 219 Å². The maximum atomic E-state index is 13.0. The Morgan fingerprint density at radius 3 is 2.56 bits per heavy atom. The number of hydrogen-bond acceptors (Lipinski definition) is 6. The van der Waals surface area contributed by atoms with Crippen molar-refractivity contribution >= 4 is 45.7 Å². The van der Waals surface area contributed by atoms with Crippen molar-refractivity contribution in [3.8, 4) is 17.0 Å². The zero-order valence-corrected chi connectivity index (χ0v) is 21.9. The Balaban J connectivity index is 1.40. The van der Waals surface area contributed by atoms with Crippen molar-refractivity contribution in [2.45, 2.75) is 30.4 Å². The molecule has 0 radical (unpaired) electrons. The SMILES string of the molecule is CCC(Sc1cccc(NC(=O)c2ccc(C)cc2)c1)C(=O)Nc1nc(-c2ccccc2OC)cs1. The Hall–Kier alpha value is -3.62. The minimum Gasteiger partial charge on any atom is -0.496 e. The Kier molecular flexibility index (Phi) is 8.40. The van der Waals surface area contributed by atoms with Gasteiger partial charge in [0.2, 0.25) is 5.91 Å². The van der Waals surface area contributed by atoms with Gasteiger partial charge in [0.1, 0.15) is 5.75 Å². The van der Waals surface area contributed by atoms with Gasteiger partial charge >= 0.3 is 0 Å². The van der Waals surface area contributed by atoms with Crippen molar-refractivity contribution in [1.29, 1.82) is 0 Å². The molecule has 0 aliphatic rings. The molecule has 4 rings (SSSR count). The number of nitrogens with one attached hydrogen (secondary N) is 2. The average molecular weight is 518 g/mol. The Morgan fingerprint density at radius 1 is 1.03 bits per heavy atom. The third-order valence-electron chi connectivity index (χ3n) is 5.46. The van der Waals surface area contributed by atoms with Crippen LogP contribution < -0.4 is 15.4 Å². The van der Waals surface area contributed by atoms with Crippen LogP contribution in [-0.2, 0) is 4.79 Å². The molecule has 0 bridgehead atoms. The molecule has 1 aromatic heterocycles. The standard InChI is InChI=1S/C28H27N3O3S2/c1-4-25(27(33)31-28-30-23(17-35-28)22-10-5-6-11-24(22)34-3)36-21-9-7-8-20(16-21)29-26(32)19-14-12-18(2)13-15-19/h5-17,25H,4H2,1-3H3,(H,29,32)(H,30,31,33). The highest BCUT2D eigenvalue weighted by Gasteiger charge is 2.20. The van der Waals surface area contributed by atoms with E-state index in [-0.39, 0.29) is 17.1 Å². The number of amides is 2. The molecule has 0 saturated carbocycles. The summed E-state index contributed by atoms with van der Waals surface area (Å²) >= 11 is 2.84. The number of nitrogens with zero attached hydrogens (tertiary/aromatic N) is 1. The highest BCUT2D eigenvalue weighted by molar-refractivity contribution is 8.00. The third kappa shape index (κ3) is 6.33. The van der Waals surface area contributed by atoms with Crippen molar-refractivity contribution in [1.82, 2.24) is 4.98 Å². The van der Waals surface area contributed by atoms with Crippen LogP contribution in [0.4, 0.5) is 10.8 Å². The minimum absolute atomic E-state index is 0.113. The number of anilines is 2. The molecule has 2 N–H and O–H groups in total. The zero-order chi connectivity index (χ0) is 25.5. The predicted molar refractivity (Wildman–Crippen MR) is 148 cm³/mol. The van der Waals surface area contributed by atoms with Crippen LogP contribution in [0.25, 0.3) is 11.3 Å². The molecule has 4 aromatic rings. The van der Waals surface area contributed by atoms with E-state index in [0.29, 0.717) is 22.8 Å². The largest absolute Gasteiger partial charge is 0.496 e. The van der Waals surface area contributed by atoms with Crippen LogP contribution in [0.15, 0.2) is 83.1 Å². The summed E-state index contributed by atoms with van der Waals surface area (Å²) in [5.74, 6) is 0.450. The normalized spacial score (nSPS) is 11.5. The number of methoxy groups -OCH3 is 1. The van der Waals surface area contributed by atoms with E-state index in [4.69, 9.17) is 4.74 Å². The number of hydrogen-bond donors (Lipinski definition) is 2. The van der Waals surface area contributed by atoms with E-state index in [2.05, 4.69) is 15.6 Å². The number of rotatable bonds is 9. The lowest BCUT2D eigenvalue weighted by molar-refractivity contribution is -0.115. The number of aryl methyl sites for hydroxylation is 1. The van der Waals surface area contributed by atoms with E-state index in [1.54, 1.807) is 19.2 Å². The molecule has 6 nitrogen and oxygen atoms in total. The second-order valence-electron chi connectivity index (χ2n) is 8.09. The van der Waals surface area contributed by atoms with Gasteiger partial charge in [0, 0.05) is 27.1 Å². The van der Waals surface area contributed by atoms with Crippen molar-refractivity contribution in [2.24, 2.45) is 0 Å². The zero-order valence-electron chi connectivity index (χ0n) is 20.3. The number of aromatic nitrogens is 1. The number of ether oxygens (including phenoxy) is 1. The molecule has 1 atom stereocenters. The van der Waals surface area contributed by atoms with Crippen LogP contribution in [0.2, 0.25) is 0 Å². The molecule has 0 aliphatic heterocycles. The summed E-state index contributed by atoms with van der Waals surface area (Å²) in [5, 5.41) is 8.02. The summed E-state index contributed by atoms with van der Waals surface area (Å²) in [5.41, 5.74) is 4.01. The maximum absolute atomic E-state index is 13.0. The summed E-state index contributed by atoms with van der Waals surface area (Å²) in [6.07, 6.45) is 0.640. The van der Waals surface area contributed by atoms with Gasteiger partial charge in [0.05, 0.1) is 18.1 Å². The first kappa shape index (κ1) is 25.5. The number of thioether (sulfide) groups is 1. The van der Waals surface area contributed by atoms with Gasteiger partial charge < -0.3 is 15.4 Å². The molecule has 36 heavy (non-hydrogen) atoms. The summed E-state index contributed by atoms with van der Waals surface area (Å²) in [4.78, 5) is 31.1. The predicted octanol–water partition coefficient (Wildman–Crippen LogP) is 6.89. The van der Waals surface area contributed by atoms with Crippen LogP contribution in [-0.4, -0.2) is 29.2 Å². The lowest BCUT2D eigenvalue weighted by Gasteiger charge is -2.14. The summed E-state index contributed by atoms with van der Waals surface area (Å²) < 4.78 is 5.42. The maximum Gasteiger partial charge on any atom is 0.255 e. The minimum atomic E-state index is -0.313. The Morgan fingerprint density at radius 2 is 1.81 bits per heavy atom. The first-order valence-corrected chi connectivity index (χ1v) is 13.3. The number of carbonyl (C=O) groups is 2. The number of benzene rings is 3. The first-order chi connectivity index (χ1) is 17.5. The van der Waals surface area contributed by atoms with E-state index in [9.17, 15) is 9.59 Å². The molecule has 1 unspecified atom stereocenters. The molecule has 184 valence electrons. The quantitative estimate of drug-likeness (QED) is 0.236. The van der Waals surface area contributed by atoms with E-state index in [1.165, 1.54) is 23.1 Å². The summed E-state index contributed by atoms with van der Waals surface area (Å²) in [6, 6.07) is 22.6. The molecule has 1 heterocycles. The van der Waals surface area contributed by atoms with Gasteiger partial charge in [-0.15, -0.1) is 23.1 Å². The van der Waals surface area contributed by atoms with E-state index < -0.39 is 0 Å². The van der Waals surface area contributed by atoms with Crippen LogP contribution in [0.1, 0.15) is 29.3 Å².